The minimum atomic E-state index is -0.163. The van der Waals surface area contributed by atoms with Gasteiger partial charge in [0.05, 0.1) is 16.8 Å². The third-order valence-electron chi connectivity index (χ3n) is 4.34. The molecule has 0 spiro atoms. The Hall–Kier alpha value is -3.05. The third kappa shape index (κ3) is 2.97. The van der Waals surface area contributed by atoms with Gasteiger partial charge >= 0.3 is 0 Å². The van der Waals surface area contributed by atoms with Gasteiger partial charge in [0.25, 0.3) is 5.91 Å². The summed E-state index contributed by atoms with van der Waals surface area (Å²) in [5.74, 6) is -0.163. The van der Waals surface area contributed by atoms with Crippen molar-refractivity contribution >= 4 is 33.3 Å². The summed E-state index contributed by atoms with van der Waals surface area (Å²) in [4.78, 5) is 22.0. The first-order valence-electron chi connectivity index (χ1n) is 8.31. The number of aromatic nitrogens is 2. The van der Waals surface area contributed by atoms with Crippen LogP contribution in [0.2, 0.25) is 0 Å². The van der Waals surface area contributed by atoms with Crippen molar-refractivity contribution in [2.24, 2.45) is 0 Å². The van der Waals surface area contributed by atoms with E-state index in [1.807, 2.05) is 48.7 Å². The topological polar surface area (TPSA) is 54.9 Å². The van der Waals surface area contributed by atoms with Gasteiger partial charge < -0.3 is 0 Å². The summed E-state index contributed by atoms with van der Waals surface area (Å²) in [6.07, 6.45) is 1.68. The highest BCUT2D eigenvalue weighted by Crippen LogP contribution is 2.30. The third-order valence-corrected chi connectivity index (χ3v) is 5.03. The number of carbonyl (C=O) groups is 1. The summed E-state index contributed by atoms with van der Waals surface area (Å²) < 4.78 is 0. The van der Waals surface area contributed by atoms with E-state index in [1.165, 1.54) is 16.9 Å². The molecule has 4 rings (SSSR count). The molecule has 2 aromatic heterocycles. The molecule has 4 aromatic rings. The van der Waals surface area contributed by atoms with Crippen LogP contribution < -0.4 is 5.32 Å². The van der Waals surface area contributed by atoms with Crippen molar-refractivity contribution in [1.82, 2.24) is 9.97 Å². The van der Waals surface area contributed by atoms with E-state index in [4.69, 9.17) is 4.98 Å². The Morgan fingerprint density at radius 1 is 1.04 bits per heavy atom. The van der Waals surface area contributed by atoms with E-state index < -0.39 is 0 Å². The lowest BCUT2D eigenvalue weighted by atomic mass is 9.97. The molecule has 0 fully saturated rings. The van der Waals surface area contributed by atoms with E-state index in [2.05, 4.69) is 29.4 Å². The van der Waals surface area contributed by atoms with E-state index in [9.17, 15) is 4.79 Å². The van der Waals surface area contributed by atoms with Crippen LogP contribution in [0, 0.1) is 13.8 Å². The van der Waals surface area contributed by atoms with Gasteiger partial charge in [-0.3, -0.25) is 10.1 Å². The van der Waals surface area contributed by atoms with Gasteiger partial charge in [-0.25, -0.2) is 9.97 Å². The number of nitrogens with one attached hydrogen (secondary N) is 1. The van der Waals surface area contributed by atoms with Gasteiger partial charge in [0.15, 0.2) is 5.13 Å². The van der Waals surface area contributed by atoms with Crippen molar-refractivity contribution in [3.8, 4) is 11.3 Å². The quantitative estimate of drug-likeness (QED) is 0.545. The van der Waals surface area contributed by atoms with Crippen LogP contribution >= 0.6 is 11.3 Å². The number of thiazole rings is 1. The van der Waals surface area contributed by atoms with E-state index in [0.717, 1.165) is 27.7 Å². The van der Waals surface area contributed by atoms with Crippen LogP contribution in [0.3, 0.4) is 0 Å². The molecule has 0 unspecified atom stereocenters. The molecule has 0 aliphatic heterocycles. The molecule has 1 amide bonds. The molecule has 1 N–H and O–H groups in total. The number of para-hydroxylation sites is 1. The second kappa shape index (κ2) is 6.69. The van der Waals surface area contributed by atoms with Crippen LogP contribution in [0.4, 0.5) is 5.13 Å². The monoisotopic (exact) mass is 359 g/mol. The number of nitrogens with zero attached hydrogens (tertiary/aromatic N) is 2. The average Bonchev–Trinajstić information content (AvgIpc) is 3.15. The first kappa shape index (κ1) is 16.4. The number of fused-ring (bicyclic) bond motifs is 1. The normalized spacial score (nSPS) is 10.8. The number of hydrogen-bond donors (Lipinski definition) is 1. The SMILES string of the molecule is Cc1ccc(-c2nc3ccccc3c(C(=O)Nc3nccs3)c2C)cc1. The minimum Gasteiger partial charge on any atom is -0.298 e. The molecule has 2 heterocycles. The van der Waals surface area contributed by atoms with Gasteiger partial charge in [0.1, 0.15) is 0 Å². The Morgan fingerprint density at radius 3 is 2.54 bits per heavy atom. The lowest BCUT2D eigenvalue weighted by Crippen LogP contribution is -2.15. The Bertz CT molecular complexity index is 1090. The molecule has 2 aromatic carbocycles. The van der Waals surface area contributed by atoms with Crippen molar-refractivity contribution in [2.45, 2.75) is 13.8 Å². The predicted octanol–water partition coefficient (Wildman–Crippen LogP) is 5.23. The fourth-order valence-corrected chi connectivity index (χ4v) is 3.56. The highest BCUT2D eigenvalue weighted by Gasteiger charge is 2.19. The second-order valence-electron chi connectivity index (χ2n) is 6.13. The number of hydrogen-bond acceptors (Lipinski definition) is 4. The number of benzene rings is 2. The van der Waals surface area contributed by atoms with Crippen LogP contribution in [0.5, 0.6) is 0 Å². The van der Waals surface area contributed by atoms with Gasteiger partial charge in [-0.05, 0) is 25.5 Å². The first-order chi connectivity index (χ1) is 12.6. The number of aryl methyl sites for hydroxylation is 1. The summed E-state index contributed by atoms with van der Waals surface area (Å²) in [6.45, 7) is 4.00. The predicted molar refractivity (Wildman–Crippen MR) is 107 cm³/mol. The van der Waals surface area contributed by atoms with Crippen molar-refractivity contribution in [1.29, 1.82) is 0 Å². The summed E-state index contributed by atoms with van der Waals surface area (Å²) in [7, 11) is 0. The second-order valence-corrected chi connectivity index (χ2v) is 7.03. The maximum absolute atomic E-state index is 13.0. The maximum Gasteiger partial charge on any atom is 0.258 e. The maximum atomic E-state index is 13.0. The molecule has 0 saturated carbocycles. The molecule has 0 radical (unpaired) electrons. The molecular formula is C21H17N3OS. The standard InChI is InChI=1S/C21H17N3OS/c1-13-7-9-15(10-8-13)19-14(2)18(16-5-3-4-6-17(16)23-19)20(25)24-21-22-11-12-26-21/h3-12H,1-2H3,(H,22,24,25). The smallest absolute Gasteiger partial charge is 0.258 e. The van der Waals surface area contributed by atoms with Crippen LogP contribution in [0.1, 0.15) is 21.5 Å². The molecule has 5 heteroatoms. The molecule has 4 nitrogen and oxygen atoms in total. The molecule has 128 valence electrons. The van der Waals surface area contributed by atoms with Crippen LogP contribution in [-0.4, -0.2) is 15.9 Å². The van der Waals surface area contributed by atoms with E-state index in [-0.39, 0.29) is 5.91 Å². The van der Waals surface area contributed by atoms with Crippen LogP contribution in [-0.2, 0) is 0 Å². The minimum absolute atomic E-state index is 0.163. The lowest BCUT2D eigenvalue weighted by Gasteiger charge is -2.14. The Balaban J connectivity index is 1.91. The molecular weight excluding hydrogens is 342 g/mol. The van der Waals surface area contributed by atoms with Gasteiger partial charge in [-0.15, -0.1) is 11.3 Å². The fraction of sp³-hybridized carbons (Fsp3) is 0.0952. The molecule has 0 saturated heterocycles. The summed E-state index contributed by atoms with van der Waals surface area (Å²) >= 11 is 1.40. The van der Waals surface area contributed by atoms with Crippen molar-refractivity contribution in [3.63, 3.8) is 0 Å². The number of rotatable bonds is 3. The Kier molecular flexibility index (Phi) is 4.22. The van der Waals surface area contributed by atoms with E-state index in [0.29, 0.717) is 10.7 Å². The van der Waals surface area contributed by atoms with Crippen molar-refractivity contribution < 1.29 is 4.79 Å². The molecule has 0 bridgehead atoms. The van der Waals surface area contributed by atoms with Crippen LogP contribution in [0.15, 0.2) is 60.1 Å². The van der Waals surface area contributed by atoms with Gasteiger partial charge in [0, 0.05) is 22.5 Å². The van der Waals surface area contributed by atoms with E-state index in [1.54, 1.807) is 6.20 Å². The summed E-state index contributed by atoms with van der Waals surface area (Å²) in [5.41, 5.74) is 5.32. The van der Waals surface area contributed by atoms with Gasteiger partial charge in [-0.2, -0.15) is 0 Å². The molecule has 26 heavy (non-hydrogen) atoms. The zero-order valence-corrected chi connectivity index (χ0v) is 15.3. The van der Waals surface area contributed by atoms with Crippen LogP contribution in [0.25, 0.3) is 22.2 Å². The zero-order valence-electron chi connectivity index (χ0n) is 14.5. The molecule has 0 aliphatic rings. The molecule has 0 atom stereocenters. The largest absolute Gasteiger partial charge is 0.298 e. The summed E-state index contributed by atoms with van der Waals surface area (Å²) in [6, 6.07) is 15.9. The van der Waals surface area contributed by atoms with E-state index >= 15 is 0 Å². The number of anilines is 1. The van der Waals surface area contributed by atoms with Crippen molar-refractivity contribution in [3.05, 3.63) is 76.8 Å². The summed E-state index contributed by atoms with van der Waals surface area (Å²) in [5, 5.41) is 6.17. The van der Waals surface area contributed by atoms with Gasteiger partial charge in [0.2, 0.25) is 0 Å². The zero-order chi connectivity index (χ0) is 18.1. The number of pyridine rings is 1. The number of amides is 1. The first-order valence-corrected chi connectivity index (χ1v) is 9.18. The van der Waals surface area contributed by atoms with Crippen molar-refractivity contribution in [2.75, 3.05) is 5.32 Å². The average molecular weight is 359 g/mol. The Morgan fingerprint density at radius 2 is 1.81 bits per heavy atom. The molecule has 0 aliphatic carbocycles. The fourth-order valence-electron chi connectivity index (χ4n) is 3.04. The highest BCUT2D eigenvalue weighted by molar-refractivity contribution is 7.13. The van der Waals surface area contributed by atoms with Gasteiger partial charge in [-0.1, -0.05) is 48.0 Å². The lowest BCUT2D eigenvalue weighted by molar-refractivity contribution is 0.102. The number of carbonyl (C=O) groups excluding carboxylic acids is 1. The highest BCUT2D eigenvalue weighted by atomic mass is 32.1. The Labute approximate surface area is 155 Å².